The van der Waals surface area contributed by atoms with Gasteiger partial charge >= 0.3 is 12.1 Å². The molecule has 0 aliphatic carbocycles. The number of hydrogen-bond acceptors (Lipinski definition) is 8. The molecule has 0 fully saturated rings. The Labute approximate surface area is 259 Å². The van der Waals surface area contributed by atoms with Crippen molar-refractivity contribution < 1.29 is 41.4 Å². The topological polar surface area (TPSA) is 132 Å². The van der Waals surface area contributed by atoms with Gasteiger partial charge in [-0.3, -0.25) is 14.0 Å². The molecule has 11 nitrogen and oxygen atoms in total. The first-order valence-corrected chi connectivity index (χ1v) is 15.3. The Morgan fingerprint density at radius 3 is 2.36 bits per heavy atom. The lowest BCUT2D eigenvalue weighted by molar-refractivity contribution is 0.0519. The second-order valence-corrected chi connectivity index (χ2v) is 12.8. The highest BCUT2D eigenvalue weighted by molar-refractivity contribution is 7.93. The molecule has 1 aliphatic heterocycles. The largest absolute Gasteiger partial charge is 0.495 e. The number of nitrogens with one attached hydrogen (secondary N) is 1. The number of carbonyl (C=O) groups is 3. The van der Waals surface area contributed by atoms with Crippen LogP contribution in [-0.4, -0.2) is 58.8 Å². The maximum absolute atomic E-state index is 14.6. The minimum Gasteiger partial charge on any atom is -0.495 e. The van der Waals surface area contributed by atoms with Gasteiger partial charge in [-0.25, -0.2) is 22.4 Å². The zero-order chi connectivity index (χ0) is 32.4. The standard InChI is InChI=1S/C30H31ClFN3O8S/c1-6-42-28(37)21-10-9-20(17-22(21)32)33-27(36)18-7-11-23-24(15-18)35(14-13-34(23)29(38)43-30(2,3)4)44(39,40)26-16-19(31)8-12-25(26)41-5/h7-12,15-17H,6,13-14H2,1-5H3,(H,33,36). The molecule has 0 saturated carbocycles. The van der Waals surface area contributed by atoms with E-state index in [2.05, 4.69) is 5.32 Å². The molecule has 44 heavy (non-hydrogen) atoms. The number of esters is 1. The maximum Gasteiger partial charge on any atom is 0.414 e. The summed E-state index contributed by atoms with van der Waals surface area (Å²) in [6.45, 7) is 6.52. The van der Waals surface area contributed by atoms with Crippen molar-refractivity contribution in [2.45, 2.75) is 38.2 Å². The number of carbonyl (C=O) groups excluding carboxylic acids is 3. The first-order valence-electron chi connectivity index (χ1n) is 13.4. The van der Waals surface area contributed by atoms with Gasteiger partial charge in [0.2, 0.25) is 0 Å². The molecule has 0 saturated heterocycles. The molecule has 1 N–H and O–H groups in total. The summed E-state index contributed by atoms with van der Waals surface area (Å²) in [4.78, 5) is 39.4. The summed E-state index contributed by atoms with van der Waals surface area (Å²) in [7, 11) is -3.01. The molecule has 14 heteroatoms. The molecule has 0 atom stereocenters. The van der Waals surface area contributed by atoms with Gasteiger partial charge in [0, 0.05) is 22.8 Å². The Balaban J connectivity index is 1.75. The fourth-order valence-electron chi connectivity index (χ4n) is 4.42. The van der Waals surface area contributed by atoms with Gasteiger partial charge in [0.1, 0.15) is 22.1 Å². The van der Waals surface area contributed by atoms with E-state index in [-0.39, 0.29) is 63.6 Å². The van der Waals surface area contributed by atoms with E-state index in [1.54, 1.807) is 27.7 Å². The van der Waals surface area contributed by atoms with E-state index in [0.717, 1.165) is 10.4 Å². The third-order valence-electron chi connectivity index (χ3n) is 6.35. The predicted molar refractivity (Wildman–Crippen MR) is 163 cm³/mol. The van der Waals surface area contributed by atoms with Crippen molar-refractivity contribution >= 4 is 56.7 Å². The van der Waals surface area contributed by atoms with Crippen LogP contribution < -0.4 is 19.3 Å². The third-order valence-corrected chi connectivity index (χ3v) is 8.42. The fourth-order valence-corrected chi connectivity index (χ4v) is 6.31. The van der Waals surface area contributed by atoms with Crippen LogP contribution in [0.4, 0.5) is 26.2 Å². The number of benzene rings is 3. The van der Waals surface area contributed by atoms with Crippen LogP contribution in [0.1, 0.15) is 48.4 Å². The number of halogens is 2. The van der Waals surface area contributed by atoms with Crippen LogP contribution in [-0.2, 0) is 19.5 Å². The van der Waals surface area contributed by atoms with E-state index in [0.29, 0.717) is 0 Å². The molecular weight excluding hydrogens is 617 g/mol. The molecule has 0 bridgehead atoms. The molecule has 1 aliphatic rings. The van der Waals surface area contributed by atoms with Crippen LogP contribution >= 0.6 is 11.6 Å². The quantitative estimate of drug-likeness (QED) is 0.315. The SMILES string of the molecule is CCOC(=O)c1ccc(NC(=O)c2ccc3c(c2)N(S(=O)(=O)c2cc(Cl)ccc2OC)CCN3C(=O)OC(C)(C)C)cc1F. The molecule has 234 valence electrons. The van der Waals surface area contributed by atoms with Crippen LogP contribution in [0.5, 0.6) is 5.75 Å². The minimum atomic E-state index is -4.33. The zero-order valence-electron chi connectivity index (χ0n) is 24.6. The number of anilines is 3. The molecule has 0 spiro atoms. The van der Waals surface area contributed by atoms with Crippen molar-refractivity contribution in [2.24, 2.45) is 0 Å². The van der Waals surface area contributed by atoms with Crippen molar-refractivity contribution in [1.29, 1.82) is 0 Å². The van der Waals surface area contributed by atoms with Gasteiger partial charge in [-0.05, 0) is 82.3 Å². The molecule has 3 aromatic rings. The number of rotatable bonds is 7. The molecule has 2 amide bonds. The number of methoxy groups -OCH3 is 1. The van der Waals surface area contributed by atoms with Crippen LogP contribution in [0.3, 0.4) is 0 Å². The van der Waals surface area contributed by atoms with Crippen molar-refractivity contribution in [3.05, 3.63) is 76.6 Å². The second kappa shape index (κ2) is 12.7. The van der Waals surface area contributed by atoms with Crippen LogP contribution in [0.15, 0.2) is 59.5 Å². The molecule has 0 radical (unpaired) electrons. The van der Waals surface area contributed by atoms with E-state index in [1.807, 2.05) is 0 Å². The zero-order valence-corrected chi connectivity index (χ0v) is 26.2. The molecule has 0 aromatic heterocycles. The Bertz CT molecular complexity index is 1730. The van der Waals surface area contributed by atoms with E-state index in [9.17, 15) is 27.2 Å². The van der Waals surface area contributed by atoms with Gasteiger partial charge in [-0.15, -0.1) is 0 Å². The van der Waals surface area contributed by atoms with Crippen molar-refractivity contribution in [2.75, 3.05) is 41.3 Å². The summed E-state index contributed by atoms with van der Waals surface area (Å²) in [5, 5.41) is 2.70. The molecule has 4 rings (SSSR count). The number of hydrogen-bond donors (Lipinski definition) is 1. The lowest BCUT2D eigenvalue weighted by Crippen LogP contribution is -2.48. The lowest BCUT2D eigenvalue weighted by atomic mass is 10.1. The first-order chi connectivity index (χ1) is 20.7. The van der Waals surface area contributed by atoms with Gasteiger partial charge < -0.3 is 19.5 Å². The van der Waals surface area contributed by atoms with Gasteiger partial charge in [-0.2, -0.15) is 0 Å². The van der Waals surface area contributed by atoms with Crippen molar-refractivity contribution in [3.8, 4) is 5.75 Å². The summed E-state index contributed by atoms with van der Waals surface area (Å²) < 4.78 is 59.3. The Hall–Kier alpha value is -4.36. The highest BCUT2D eigenvalue weighted by Gasteiger charge is 2.37. The van der Waals surface area contributed by atoms with Gasteiger partial charge in [0.15, 0.2) is 0 Å². The highest BCUT2D eigenvalue weighted by atomic mass is 35.5. The first kappa shape index (κ1) is 32.6. The smallest absolute Gasteiger partial charge is 0.414 e. The summed E-state index contributed by atoms with van der Waals surface area (Å²) >= 11 is 6.13. The monoisotopic (exact) mass is 647 g/mol. The van der Waals surface area contributed by atoms with E-state index >= 15 is 0 Å². The van der Waals surface area contributed by atoms with Gasteiger partial charge in [0.25, 0.3) is 15.9 Å². The molecule has 3 aromatic carbocycles. The van der Waals surface area contributed by atoms with E-state index in [4.69, 9.17) is 25.8 Å². The molecule has 0 unspecified atom stereocenters. The number of sulfonamides is 1. The van der Waals surface area contributed by atoms with Gasteiger partial charge in [-0.1, -0.05) is 11.6 Å². The molecular formula is C30H31ClFN3O8S. The highest BCUT2D eigenvalue weighted by Crippen LogP contribution is 2.40. The lowest BCUT2D eigenvalue weighted by Gasteiger charge is -2.37. The predicted octanol–water partition coefficient (Wildman–Crippen LogP) is 5.87. The van der Waals surface area contributed by atoms with Crippen LogP contribution in [0.25, 0.3) is 0 Å². The summed E-state index contributed by atoms with van der Waals surface area (Å²) in [5.41, 5.74) is -0.882. The second-order valence-electron chi connectivity index (χ2n) is 10.6. The van der Waals surface area contributed by atoms with Crippen LogP contribution in [0, 0.1) is 5.82 Å². The van der Waals surface area contributed by atoms with E-state index in [1.165, 1.54) is 60.5 Å². The van der Waals surface area contributed by atoms with Crippen molar-refractivity contribution in [3.63, 3.8) is 0 Å². The average Bonchev–Trinajstić information content (AvgIpc) is 2.95. The minimum absolute atomic E-state index is 0.00271. The number of ether oxygens (including phenoxy) is 3. The Morgan fingerprint density at radius 2 is 1.73 bits per heavy atom. The maximum atomic E-state index is 14.6. The van der Waals surface area contributed by atoms with E-state index < -0.39 is 39.4 Å². The number of amides is 2. The Kier molecular flexibility index (Phi) is 9.40. The summed E-state index contributed by atoms with van der Waals surface area (Å²) in [6.07, 6.45) is -0.703. The van der Waals surface area contributed by atoms with Crippen molar-refractivity contribution in [1.82, 2.24) is 0 Å². The van der Waals surface area contributed by atoms with Gasteiger partial charge in [0.05, 0.1) is 37.2 Å². The third kappa shape index (κ3) is 6.89. The summed E-state index contributed by atoms with van der Waals surface area (Å²) in [5.74, 6) is -2.40. The average molecular weight is 648 g/mol. The fraction of sp³-hybridized carbons (Fsp3) is 0.300. The molecule has 1 heterocycles. The number of nitrogens with zero attached hydrogens (tertiary/aromatic N) is 2. The normalized spacial score (nSPS) is 13.2. The number of fused-ring (bicyclic) bond motifs is 1. The Morgan fingerprint density at radius 1 is 1.00 bits per heavy atom. The summed E-state index contributed by atoms with van der Waals surface area (Å²) in [6, 6.07) is 11.8. The van der Waals surface area contributed by atoms with Crippen LogP contribution in [0.2, 0.25) is 5.02 Å².